The first-order chi connectivity index (χ1) is 9.94. The summed E-state index contributed by atoms with van der Waals surface area (Å²) in [6.07, 6.45) is 2.39. The molecule has 0 aliphatic carbocycles. The number of likely N-dealkylation sites (tertiary alicyclic amines) is 1. The summed E-state index contributed by atoms with van der Waals surface area (Å²) in [6.45, 7) is 11.2. The summed E-state index contributed by atoms with van der Waals surface area (Å²) in [6, 6.07) is -0.257. The van der Waals surface area contributed by atoms with Crippen LogP contribution in [0, 0.1) is 5.92 Å². The Bertz CT molecular complexity index is 389. The fraction of sp³-hybridized carbons (Fsp3) is 0.867. The lowest BCUT2D eigenvalue weighted by Crippen LogP contribution is -2.44. The largest absolute Gasteiger partial charge is 0.325 e. The van der Waals surface area contributed by atoms with Gasteiger partial charge in [0.25, 0.3) is 5.91 Å². The van der Waals surface area contributed by atoms with E-state index in [1.165, 1.54) is 17.7 Å². The Morgan fingerprint density at radius 2 is 1.90 bits per heavy atom. The van der Waals surface area contributed by atoms with Gasteiger partial charge in [0.1, 0.15) is 5.54 Å². The average molecular weight is 296 g/mol. The number of nitrogens with one attached hydrogen (secondary N) is 2. The van der Waals surface area contributed by atoms with Crippen molar-refractivity contribution >= 4 is 11.9 Å². The summed E-state index contributed by atoms with van der Waals surface area (Å²) in [5, 5.41) is 6.13. The molecule has 6 nitrogen and oxygen atoms in total. The summed E-state index contributed by atoms with van der Waals surface area (Å²) in [7, 11) is 0. The molecule has 21 heavy (non-hydrogen) atoms. The number of carbonyl (C=O) groups excluding carboxylic acids is 2. The van der Waals surface area contributed by atoms with E-state index in [2.05, 4.69) is 22.5 Å². The molecular formula is C15H28N4O2. The van der Waals surface area contributed by atoms with Crippen LogP contribution in [0.3, 0.4) is 0 Å². The van der Waals surface area contributed by atoms with Gasteiger partial charge in [-0.2, -0.15) is 0 Å². The molecule has 0 aromatic heterocycles. The molecule has 0 unspecified atom stereocenters. The van der Waals surface area contributed by atoms with Crippen molar-refractivity contribution in [3.63, 3.8) is 0 Å². The molecule has 2 fully saturated rings. The minimum absolute atomic E-state index is 0.116. The van der Waals surface area contributed by atoms with Crippen molar-refractivity contribution < 1.29 is 9.59 Å². The highest BCUT2D eigenvalue weighted by Crippen LogP contribution is 2.18. The zero-order valence-corrected chi connectivity index (χ0v) is 13.4. The van der Waals surface area contributed by atoms with Crippen LogP contribution in [0.5, 0.6) is 0 Å². The van der Waals surface area contributed by atoms with E-state index in [4.69, 9.17) is 0 Å². The highest BCUT2D eigenvalue weighted by Gasteiger charge is 2.43. The van der Waals surface area contributed by atoms with Gasteiger partial charge < -0.3 is 15.5 Å². The van der Waals surface area contributed by atoms with Crippen LogP contribution in [0.25, 0.3) is 0 Å². The summed E-state index contributed by atoms with van der Waals surface area (Å²) in [5.74, 6) is 0.645. The minimum Gasteiger partial charge on any atom is -0.324 e. The predicted octanol–water partition coefficient (Wildman–Crippen LogP) is 0.638. The number of piperidine rings is 1. The summed E-state index contributed by atoms with van der Waals surface area (Å²) in [4.78, 5) is 27.6. The molecule has 2 heterocycles. The first-order valence-electron chi connectivity index (χ1n) is 8.01. The molecule has 0 atom stereocenters. The van der Waals surface area contributed by atoms with Crippen molar-refractivity contribution in [2.24, 2.45) is 5.92 Å². The zero-order valence-electron chi connectivity index (χ0n) is 13.4. The van der Waals surface area contributed by atoms with Crippen molar-refractivity contribution in [2.45, 2.75) is 39.2 Å². The third-order valence-electron chi connectivity index (χ3n) is 4.47. The molecule has 120 valence electrons. The molecule has 0 saturated carbocycles. The van der Waals surface area contributed by atoms with Gasteiger partial charge in [-0.3, -0.25) is 9.69 Å². The lowest BCUT2D eigenvalue weighted by atomic mass is 9.97. The maximum atomic E-state index is 12.1. The fourth-order valence-electron chi connectivity index (χ4n) is 3.03. The van der Waals surface area contributed by atoms with Crippen LogP contribution in [-0.2, 0) is 4.79 Å². The van der Waals surface area contributed by atoms with Gasteiger partial charge in [0.2, 0.25) is 0 Å². The van der Waals surface area contributed by atoms with Gasteiger partial charge in [-0.05, 0) is 58.8 Å². The number of carbonyl (C=O) groups is 2. The topological polar surface area (TPSA) is 64.7 Å². The Morgan fingerprint density at radius 1 is 1.24 bits per heavy atom. The fourth-order valence-corrected chi connectivity index (χ4v) is 3.03. The van der Waals surface area contributed by atoms with Crippen LogP contribution in [0.15, 0.2) is 0 Å². The highest BCUT2D eigenvalue weighted by molar-refractivity contribution is 6.06. The Kier molecular flexibility index (Phi) is 5.22. The van der Waals surface area contributed by atoms with E-state index in [-0.39, 0.29) is 11.9 Å². The van der Waals surface area contributed by atoms with Gasteiger partial charge >= 0.3 is 6.03 Å². The second-order valence-electron chi connectivity index (χ2n) is 6.60. The lowest BCUT2D eigenvalue weighted by molar-refractivity contribution is -0.130. The van der Waals surface area contributed by atoms with E-state index in [0.29, 0.717) is 6.54 Å². The normalized spacial score (nSPS) is 23.7. The predicted molar refractivity (Wildman–Crippen MR) is 82.0 cm³/mol. The monoisotopic (exact) mass is 296 g/mol. The van der Waals surface area contributed by atoms with Crippen molar-refractivity contribution in [1.29, 1.82) is 0 Å². The van der Waals surface area contributed by atoms with E-state index < -0.39 is 5.54 Å². The van der Waals surface area contributed by atoms with E-state index in [9.17, 15) is 9.59 Å². The van der Waals surface area contributed by atoms with Crippen LogP contribution in [0.1, 0.15) is 33.6 Å². The van der Waals surface area contributed by atoms with Crippen molar-refractivity contribution in [2.75, 3.05) is 39.3 Å². The van der Waals surface area contributed by atoms with Gasteiger partial charge in [0, 0.05) is 13.1 Å². The van der Waals surface area contributed by atoms with Gasteiger partial charge in [-0.1, -0.05) is 6.92 Å². The summed E-state index contributed by atoms with van der Waals surface area (Å²) in [5.41, 5.74) is -0.754. The van der Waals surface area contributed by atoms with E-state index >= 15 is 0 Å². The Morgan fingerprint density at radius 3 is 2.43 bits per heavy atom. The Balaban J connectivity index is 1.73. The highest BCUT2D eigenvalue weighted by atomic mass is 16.2. The molecule has 0 radical (unpaired) electrons. The number of hydrogen-bond acceptors (Lipinski definition) is 4. The molecule has 2 rings (SSSR count). The molecule has 0 aromatic rings. The lowest BCUT2D eigenvalue weighted by Gasteiger charge is -2.32. The zero-order chi connectivity index (χ0) is 15.5. The average Bonchev–Trinajstić information content (AvgIpc) is 2.64. The molecule has 2 saturated heterocycles. The number of amides is 3. The van der Waals surface area contributed by atoms with Crippen molar-refractivity contribution in [3.8, 4) is 0 Å². The third kappa shape index (κ3) is 3.95. The van der Waals surface area contributed by atoms with E-state index in [1.54, 1.807) is 13.8 Å². The van der Waals surface area contributed by atoms with Crippen molar-refractivity contribution in [1.82, 2.24) is 20.4 Å². The first-order valence-corrected chi connectivity index (χ1v) is 8.01. The molecule has 0 bridgehead atoms. The molecule has 2 aliphatic heterocycles. The number of rotatable bonds is 6. The first kappa shape index (κ1) is 16.2. The smallest absolute Gasteiger partial charge is 0.324 e. The van der Waals surface area contributed by atoms with Gasteiger partial charge in [0.05, 0.1) is 0 Å². The van der Waals surface area contributed by atoms with Crippen LogP contribution in [0.4, 0.5) is 4.79 Å². The minimum atomic E-state index is -0.754. The summed E-state index contributed by atoms with van der Waals surface area (Å²) < 4.78 is 0. The number of hydrogen-bond donors (Lipinski definition) is 2. The second kappa shape index (κ2) is 6.75. The third-order valence-corrected chi connectivity index (χ3v) is 4.47. The molecule has 0 aromatic carbocycles. The SMILES string of the molecule is CCNCC1CCN(CCN2C(=O)NC(C)(C)C2=O)CC1. The Hall–Kier alpha value is -1.14. The molecule has 0 spiro atoms. The molecule has 6 heteroatoms. The maximum absolute atomic E-state index is 12.1. The van der Waals surface area contributed by atoms with Crippen LogP contribution in [-0.4, -0.2) is 66.5 Å². The molecule has 2 N–H and O–H groups in total. The van der Waals surface area contributed by atoms with Gasteiger partial charge in [-0.15, -0.1) is 0 Å². The Labute approximate surface area is 127 Å². The van der Waals surface area contributed by atoms with E-state index in [0.717, 1.165) is 38.6 Å². The number of urea groups is 1. The van der Waals surface area contributed by atoms with Gasteiger partial charge in [-0.25, -0.2) is 4.79 Å². The van der Waals surface area contributed by atoms with Crippen LogP contribution in [0.2, 0.25) is 0 Å². The van der Waals surface area contributed by atoms with E-state index in [1.807, 2.05) is 0 Å². The van der Waals surface area contributed by atoms with Crippen molar-refractivity contribution in [3.05, 3.63) is 0 Å². The quantitative estimate of drug-likeness (QED) is 0.706. The van der Waals surface area contributed by atoms with Crippen LogP contribution < -0.4 is 10.6 Å². The molecule has 3 amide bonds. The maximum Gasteiger partial charge on any atom is 0.325 e. The summed E-state index contributed by atoms with van der Waals surface area (Å²) >= 11 is 0. The number of imide groups is 1. The standard InChI is InChI=1S/C15H28N4O2/c1-4-16-11-12-5-7-18(8-6-12)9-10-19-13(20)15(2,3)17-14(19)21/h12,16H,4-11H2,1-3H3,(H,17,21). The second-order valence-corrected chi connectivity index (χ2v) is 6.60. The van der Waals surface area contributed by atoms with Crippen LogP contribution >= 0.6 is 0 Å². The van der Waals surface area contributed by atoms with Gasteiger partial charge in [0.15, 0.2) is 0 Å². The molecule has 2 aliphatic rings. The number of nitrogens with zero attached hydrogens (tertiary/aromatic N) is 2. The molecular weight excluding hydrogens is 268 g/mol.